The Hall–Kier alpha value is -2.95. The lowest BCUT2D eigenvalue weighted by Crippen LogP contribution is -2.25. The van der Waals surface area contributed by atoms with E-state index in [1.54, 1.807) is 42.6 Å². The molecule has 5 nitrogen and oxygen atoms in total. The van der Waals surface area contributed by atoms with Crippen molar-refractivity contribution in [3.8, 4) is 0 Å². The third kappa shape index (κ3) is 2.18. The summed E-state index contributed by atoms with van der Waals surface area (Å²) >= 11 is 0. The van der Waals surface area contributed by atoms with Gasteiger partial charge in [-0.3, -0.25) is 14.0 Å². The Morgan fingerprint density at radius 2 is 2.10 bits per heavy atom. The van der Waals surface area contributed by atoms with Gasteiger partial charge in [0.1, 0.15) is 0 Å². The first kappa shape index (κ1) is 13.1. The van der Waals surface area contributed by atoms with Crippen LogP contribution in [0.1, 0.15) is 10.4 Å². The van der Waals surface area contributed by atoms with Crippen LogP contribution in [0.15, 0.2) is 60.0 Å². The molecule has 0 radical (unpaired) electrons. The van der Waals surface area contributed by atoms with Crippen molar-refractivity contribution in [1.29, 1.82) is 0 Å². The van der Waals surface area contributed by atoms with Crippen LogP contribution in [0.4, 0.5) is 0 Å². The van der Waals surface area contributed by atoms with Gasteiger partial charge in [0.25, 0.3) is 11.5 Å². The molecule has 1 aromatic carbocycles. The molecule has 3 rings (SSSR count). The van der Waals surface area contributed by atoms with E-state index in [0.29, 0.717) is 28.7 Å². The summed E-state index contributed by atoms with van der Waals surface area (Å²) in [4.78, 5) is 29.0. The van der Waals surface area contributed by atoms with Crippen molar-refractivity contribution in [2.24, 2.45) is 0 Å². The van der Waals surface area contributed by atoms with Crippen LogP contribution in [0.5, 0.6) is 0 Å². The summed E-state index contributed by atoms with van der Waals surface area (Å²) in [6, 6.07) is 10.4. The molecule has 5 heteroatoms. The minimum Gasteiger partial charge on any atom is -0.348 e. The summed E-state index contributed by atoms with van der Waals surface area (Å²) in [6.07, 6.45) is 3.21. The van der Waals surface area contributed by atoms with Gasteiger partial charge in [-0.1, -0.05) is 18.2 Å². The second-order valence-electron chi connectivity index (χ2n) is 4.55. The molecule has 1 N–H and O–H groups in total. The van der Waals surface area contributed by atoms with Gasteiger partial charge in [0, 0.05) is 12.7 Å². The van der Waals surface area contributed by atoms with Crippen LogP contribution in [0, 0.1) is 0 Å². The van der Waals surface area contributed by atoms with Crippen LogP contribution in [-0.2, 0) is 0 Å². The maximum Gasteiger partial charge on any atom is 0.265 e. The summed E-state index contributed by atoms with van der Waals surface area (Å²) in [5.74, 6) is -0.282. The van der Waals surface area contributed by atoms with Gasteiger partial charge < -0.3 is 5.32 Å². The Morgan fingerprint density at radius 1 is 1.29 bits per heavy atom. The van der Waals surface area contributed by atoms with E-state index in [9.17, 15) is 9.59 Å². The molecule has 2 aromatic heterocycles. The lowest BCUT2D eigenvalue weighted by molar-refractivity contribution is 0.0959. The van der Waals surface area contributed by atoms with Crippen molar-refractivity contribution >= 4 is 22.5 Å². The number of carbonyl (C=O) groups is 1. The van der Waals surface area contributed by atoms with Crippen LogP contribution in [0.25, 0.3) is 16.6 Å². The van der Waals surface area contributed by atoms with Crippen LogP contribution in [0.2, 0.25) is 0 Å². The summed E-state index contributed by atoms with van der Waals surface area (Å²) < 4.78 is 1.39. The van der Waals surface area contributed by atoms with Crippen molar-refractivity contribution in [1.82, 2.24) is 14.7 Å². The van der Waals surface area contributed by atoms with Crippen LogP contribution in [-0.4, -0.2) is 21.8 Å². The molecule has 1 amide bonds. The largest absolute Gasteiger partial charge is 0.348 e. The second-order valence-corrected chi connectivity index (χ2v) is 4.55. The molecule has 0 aliphatic heterocycles. The van der Waals surface area contributed by atoms with E-state index in [0.717, 1.165) is 0 Å². The summed E-state index contributed by atoms with van der Waals surface area (Å²) in [5, 5.41) is 3.22. The predicted octanol–water partition coefficient (Wildman–Crippen LogP) is 1.76. The molecule has 0 aliphatic carbocycles. The van der Waals surface area contributed by atoms with Crippen molar-refractivity contribution < 1.29 is 4.79 Å². The van der Waals surface area contributed by atoms with E-state index < -0.39 is 0 Å². The highest BCUT2D eigenvalue weighted by atomic mass is 16.1. The van der Waals surface area contributed by atoms with Gasteiger partial charge in [-0.25, -0.2) is 4.98 Å². The minimum absolute atomic E-state index is 0.186. The van der Waals surface area contributed by atoms with Gasteiger partial charge in [-0.2, -0.15) is 0 Å². The number of hydrogen-bond acceptors (Lipinski definition) is 3. The summed E-state index contributed by atoms with van der Waals surface area (Å²) in [6.45, 7) is 3.92. The number of benzene rings is 1. The molecule has 3 aromatic rings. The molecule has 2 heterocycles. The number of rotatable bonds is 3. The molecule has 0 aliphatic rings. The van der Waals surface area contributed by atoms with E-state index in [1.165, 1.54) is 4.40 Å². The molecule has 0 saturated carbocycles. The number of para-hydroxylation sites is 1. The number of amides is 1. The van der Waals surface area contributed by atoms with Gasteiger partial charge in [0.05, 0.1) is 16.5 Å². The number of carbonyl (C=O) groups excluding carboxylic acids is 1. The number of hydrogen-bond donors (Lipinski definition) is 1. The van der Waals surface area contributed by atoms with Gasteiger partial charge in [-0.05, 0) is 24.3 Å². The van der Waals surface area contributed by atoms with Gasteiger partial charge in [0.15, 0.2) is 5.65 Å². The Bertz CT molecular complexity index is 912. The molecule has 0 bridgehead atoms. The average molecular weight is 279 g/mol. The zero-order valence-corrected chi connectivity index (χ0v) is 11.2. The molecule has 0 saturated heterocycles. The quantitative estimate of drug-likeness (QED) is 0.587. The molecule has 0 fully saturated rings. The van der Waals surface area contributed by atoms with Crippen molar-refractivity contribution in [3.63, 3.8) is 0 Å². The van der Waals surface area contributed by atoms with Crippen molar-refractivity contribution in [2.45, 2.75) is 0 Å². The normalized spacial score (nSPS) is 10.7. The Morgan fingerprint density at radius 3 is 2.90 bits per heavy atom. The Balaban J connectivity index is 2.30. The minimum atomic E-state index is -0.282. The fraction of sp³-hybridized carbons (Fsp3) is 0.0625. The number of aromatic nitrogens is 2. The number of pyridine rings is 1. The third-order valence-electron chi connectivity index (χ3n) is 3.20. The van der Waals surface area contributed by atoms with Crippen LogP contribution < -0.4 is 10.9 Å². The van der Waals surface area contributed by atoms with Crippen molar-refractivity contribution in [2.75, 3.05) is 6.54 Å². The average Bonchev–Trinajstić information content (AvgIpc) is 2.52. The smallest absolute Gasteiger partial charge is 0.265 e. The molecule has 0 spiro atoms. The first-order valence-electron chi connectivity index (χ1n) is 6.51. The Kier molecular flexibility index (Phi) is 3.23. The number of nitrogens with zero attached hydrogens (tertiary/aromatic N) is 2. The standard InChI is InChI=1S/C16H13N3O2/c1-2-9-17-15(20)12-7-5-10-19-14(12)18-13-8-4-3-6-11(13)16(19)21/h2-8,10H,1,9H2,(H,17,20). The van der Waals surface area contributed by atoms with E-state index in [2.05, 4.69) is 16.9 Å². The zero-order chi connectivity index (χ0) is 14.8. The molecule has 0 atom stereocenters. The van der Waals surface area contributed by atoms with Gasteiger partial charge in [-0.15, -0.1) is 6.58 Å². The third-order valence-corrected chi connectivity index (χ3v) is 3.20. The molecule has 21 heavy (non-hydrogen) atoms. The predicted molar refractivity (Wildman–Crippen MR) is 81.5 cm³/mol. The highest BCUT2D eigenvalue weighted by Gasteiger charge is 2.13. The first-order valence-corrected chi connectivity index (χ1v) is 6.51. The number of nitrogens with one attached hydrogen (secondary N) is 1. The highest BCUT2D eigenvalue weighted by Crippen LogP contribution is 2.12. The molecular weight excluding hydrogens is 266 g/mol. The Labute approximate surface area is 120 Å². The SMILES string of the molecule is C=CCNC(=O)c1cccn2c(=O)c3ccccc3nc12. The lowest BCUT2D eigenvalue weighted by Gasteiger charge is -2.08. The van der Waals surface area contributed by atoms with Crippen molar-refractivity contribution in [3.05, 3.63) is 71.2 Å². The first-order chi connectivity index (χ1) is 10.2. The summed E-state index contributed by atoms with van der Waals surface area (Å²) in [5.41, 5.74) is 1.10. The fourth-order valence-electron chi connectivity index (χ4n) is 2.21. The van der Waals surface area contributed by atoms with E-state index in [-0.39, 0.29) is 11.5 Å². The lowest BCUT2D eigenvalue weighted by atomic mass is 10.2. The second kappa shape index (κ2) is 5.20. The number of fused-ring (bicyclic) bond motifs is 2. The highest BCUT2D eigenvalue weighted by molar-refractivity contribution is 6.00. The monoisotopic (exact) mass is 279 g/mol. The topological polar surface area (TPSA) is 63.5 Å². The van der Waals surface area contributed by atoms with E-state index in [1.807, 2.05) is 6.07 Å². The maximum absolute atomic E-state index is 12.5. The van der Waals surface area contributed by atoms with E-state index >= 15 is 0 Å². The van der Waals surface area contributed by atoms with Crippen LogP contribution in [0.3, 0.4) is 0 Å². The van der Waals surface area contributed by atoms with Gasteiger partial charge >= 0.3 is 0 Å². The van der Waals surface area contributed by atoms with Gasteiger partial charge in [0.2, 0.25) is 0 Å². The molecule has 0 unspecified atom stereocenters. The fourth-order valence-corrected chi connectivity index (χ4v) is 2.21. The molecular formula is C16H13N3O2. The molecule has 104 valence electrons. The van der Waals surface area contributed by atoms with E-state index in [4.69, 9.17) is 0 Å². The zero-order valence-electron chi connectivity index (χ0n) is 11.2. The summed E-state index contributed by atoms with van der Waals surface area (Å²) in [7, 11) is 0. The van der Waals surface area contributed by atoms with Crippen LogP contribution >= 0.6 is 0 Å². The maximum atomic E-state index is 12.5.